The molecular formula is C13H9F2NO3S. The summed E-state index contributed by atoms with van der Waals surface area (Å²) in [6.45, 7) is 0. The third-order valence-corrected chi connectivity index (χ3v) is 3.48. The molecule has 104 valence electrons. The van der Waals surface area contributed by atoms with E-state index < -0.39 is 6.29 Å². The maximum Gasteiger partial charge on any atom is 0.586 e. The van der Waals surface area contributed by atoms with E-state index in [9.17, 15) is 13.6 Å². The minimum absolute atomic E-state index is 0.0498. The Kier molecular flexibility index (Phi) is 3.06. The largest absolute Gasteiger partial charge is 0.586 e. The Morgan fingerprint density at radius 2 is 2.05 bits per heavy atom. The molecule has 0 unspecified atom stereocenters. The molecule has 1 aliphatic rings. The number of carbonyl (C=O) groups excluding carboxylic acids is 1. The lowest BCUT2D eigenvalue weighted by Crippen LogP contribution is -2.25. The summed E-state index contributed by atoms with van der Waals surface area (Å²) in [5.74, 6) is -0.367. The predicted octanol–water partition coefficient (Wildman–Crippen LogP) is 3.25. The van der Waals surface area contributed by atoms with Gasteiger partial charge in [-0.2, -0.15) is 0 Å². The van der Waals surface area contributed by atoms with Crippen molar-refractivity contribution in [3.05, 3.63) is 40.6 Å². The van der Waals surface area contributed by atoms with Gasteiger partial charge in [0.05, 0.1) is 6.42 Å². The number of halogens is 2. The smallest absolute Gasteiger partial charge is 0.395 e. The van der Waals surface area contributed by atoms with Crippen molar-refractivity contribution in [2.24, 2.45) is 0 Å². The first kappa shape index (κ1) is 12.9. The monoisotopic (exact) mass is 297 g/mol. The Morgan fingerprint density at radius 1 is 1.25 bits per heavy atom. The third-order valence-electron chi connectivity index (χ3n) is 2.60. The van der Waals surface area contributed by atoms with E-state index in [4.69, 9.17) is 0 Å². The quantitative estimate of drug-likeness (QED) is 0.946. The molecule has 0 saturated carbocycles. The first-order valence-electron chi connectivity index (χ1n) is 5.74. The van der Waals surface area contributed by atoms with Crippen molar-refractivity contribution in [2.75, 3.05) is 5.32 Å². The second-order valence-electron chi connectivity index (χ2n) is 4.13. The van der Waals surface area contributed by atoms with E-state index in [1.54, 1.807) is 0 Å². The van der Waals surface area contributed by atoms with Crippen LogP contribution in [0.15, 0.2) is 35.7 Å². The SMILES string of the molecule is O=C(Cc1cccs1)Nc1ccc2c(c1)OC(F)(F)O2. The van der Waals surface area contributed by atoms with E-state index in [1.807, 2.05) is 17.5 Å². The van der Waals surface area contributed by atoms with Crippen LogP contribution in [0.5, 0.6) is 11.5 Å². The van der Waals surface area contributed by atoms with Crippen molar-refractivity contribution >= 4 is 22.9 Å². The summed E-state index contributed by atoms with van der Waals surface area (Å²) in [6, 6.07) is 7.83. The number of nitrogens with one attached hydrogen (secondary N) is 1. The molecule has 0 fully saturated rings. The minimum atomic E-state index is -3.65. The van der Waals surface area contributed by atoms with Gasteiger partial charge in [-0.05, 0) is 23.6 Å². The van der Waals surface area contributed by atoms with Crippen LogP contribution in [0.2, 0.25) is 0 Å². The zero-order valence-electron chi connectivity index (χ0n) is 10.1. The van der Waals surface area contributed by atoms with Crippen LogP contribution < -0.4 is 14.8 Å². The predicted molar refractivity (Wildman–Crippen MR) is 69.3 cm³/mol. The van der Waals surface area contributed by atoms with Crippen molar-refractivity contribution in [3.63, 3.8) is 0 Å². The maximum absolute atomic E-state index is 12.9. The molecule has 0 spiro atoms. The molecule has 1 amide bonds. The van der Waals surface area contributed by atoms with Crippen molar-refractivity contribution in [3.8, 4) is 11.5 Å². The fraction of sp³-hybridized carbons (Fsp3) is 0.154. The normalized spacial score (nSPS) is 15.1. The van der Waals surface area contributed by atoms with Crippen LogP contribution in [0.3, 0.4) is 0 Å². The van der Waals surface area contributed by atoms with Gasteiger partial charge in [0.1, 0.15) is 0 Å². The summed E-state index contributed by atoms with van der Waals surface area (Å²) in [6.07, 6.45) is -3.41. The van der Waals surface area contributed by atoms with Gasteiger partial charge >= 0.3 is 6.29 Å². The van der Waals surface area contributed by atoms with E-state index in [1.165, 1.54) is 29.5 Å². The molecule has 20 heavy (non-hydrogen) atoms. The average Bonchev–Trinajstić information content (AvgIpc) is 2.94. The summed E-state index contributed by atoms with van der Waals surface area (Å²) in [5.41, 5.74) is 0.381. The lowest BCUT2D eigenvalue weighted by Gasteiger charge is -2.05. The Hall–Kier alpha value is -2.15. The van der Waals surface area contributed by atoms with Gasteiger partial charge < -0.3 is 14.8 Å². The standard InChI is InChI=1S/C13H9F2NO3S/c14-13(15)18-10-4-3-8(6-11(10)19-13)16-12(17)7-9-2-1-5-20-9/h1-6H,7H2,(H,16,17). The van der Waals surface area contributed by atoms with Gasteiger partial charge in [0.2, 0.25) is 5.91 Å². The number of rotatable bonds is 3. The van der Waals surface area contributed by atoms with Gasteiger partial charge in [-0.15, -0.1) is 20.1 Å². The Morgan fingerprint density at radius 3 is 2.80 bits per heavy atom. The van der Waals surface area contributed by atoms with Crippen LogP contribution in [-0.4, -0.2) is 12.2 Å². The molecule has 1 aliphatic heterocycles. The molecule has 1 aromatic carbocycles. The lowest BCUT2D eigenvalue weighted by atomic mass is 10.2. The molecule has 1 aromatic heterocycles. The average molecular weight is 297 g/mol. The summed E-state index contributed by atoms with van der Waals surface area (Å²) in [7, 11) is 0. The number of hydrogen-bond acceptors (Lipinski definition) is 4. The molecule has 0 bridgehead atoms. The first-order valence-corrected chi connectivity index (χ1v) is 6.62. The molecule has 0 radical (unpaired) electrons. The van der Waals surface area contributed by atoms with Crippen LogP contribution in [0.1, 0.15) is 4.88 Å². The Bertz CT molecular complexity index is 643. The Labute approximate surface area is 116 Å². The fourth-order valence-electron chi connectivity index (χ4n) is 1.80. The summed E-state index contributed by atoms with van der Waals surface area (Å²) in [5, 5.41) is 4.50. The number of alkyl halides is 2. The molecular weight excluding hydrogens is 288 g/mol. The molecule has 7 heteroatoms. The van der Waals surface area contributed by atoms with Crippen LogP contribution in [-0.2, 0) is 11.2 Å². The second kappa shape index (κ2) is 4.75. The highest BCUT2D eigenvalue weighted by atomic mass is 32.1. The number of carbonyl (C=O) groups is 1. The highest BCUT2D eigenvalue weighted by molar-refractivity contribution is 7.10. The van der Waals surface area contributed by atoms with Crippen LogP contribution in [0.4, 0.5) is 14.5 Å². The number of anilines is 1. The van der Waals surface area contributed by atoms with Crippen molar-refractivity contribution in [1.82, 2.24) is 0 Å². The van der Waals surface area contributed by atoms with Crippen molar-refractivity contribution in [2.45, 2.75) is 12.7 Å². The molecule has 3 rings (SSSR count). The van der Waals surface area contributed by atoms with E-state index >= 15 is 0 Å². The summed E-state index contributed by atoms with van der Waals surface area (Å²) < 4.78 is 34.3. The van der Waals surface area contributed by atoms with Gasteiger partial charge in [0.25, 0.3) is 0 Å². The zero-order valence-corrected chi connectivity index (χ0v) is 10.9. The van der Waals surface area contributed by atoms with E-state index in [2.05, 4.69) is 14.8 Å². The summed E-state index contributed by atoms with van der Waals surface area (Å²) >= 11 is 1.48. The molecule has 2 heterocycles. The minimum Gasteiger partial charge on any atom is -0.395 e. The first-order chi connectivity index (χ1) is 9.52. The summed E-state index contributed by atoms with van der Waals surface area (Å²) in [4.78, 5) is 12.7. The number of hydrogen-bond donors (Lipinski definition) is 1. The number of ether oxygens (including phenoxy) is 2. The van der Waals surface area contributed by atoms with Gasteiger partial charge in [0, 0.05) is 16.6 Å². The molecule has 1 N–H and O–H groups in total. The molecule has 0 saturated heterocycles. The van der Waals surface area contributed by atoms with Gasteiger partial charge in [0.15, 0.2) is 11.5 Å². The maximum atomic E-state index is 12.9. The topological polar surface area (TPSA) is 47.6 Å². The van der Waals surface area contributed by atoms with Crippen molar-refractivity contribution < 1.29 is 23.0 Å². The fourth-order valence-corrected chi connectivity index (χ4v) is 2.51. The Balaban J connectivity index is 1.69. The number of amides is 1. The highest BCUT2D eigenvalue weighted by Crippen LogP contribution is 2.42. The van der Waals surface area contributed by atoms with Crippen LogP contribution in [0, 0.1) is 0 Å². The zero-order chi connectivity index (χ0) is 14.2. The molecule has 0 atom stereocenters. The van der Waals surface area contributed by atoms with Crippen molar-refractivity contribution in [1.29, 1.82) is 0 Å². The number of thiophene rings is 1. The molecule has 0 aliphatic carbocycles. The lowest BCUT2D eigenvalue weighted by molar-refractivity contribution is -0.286. The van der Waals surface area contributed by atoms with Gasteiger partial charge in [-0.25, -0.2) is 0 Å². The highest BCUT2D eigenvalue weighted by Gasteiger charge is 2.43. The second-order valence-corrected chi connectivity index (χ2v) is 5.17. The number of benzene rings is 1. The molecule has 2 aromatic rings. The van der Waals surface area contributed by atoms with Crippen LogP contribution in [0.25, 0.3) is 0 Å². The molecule has 4 nitrogen and oxygen atoms in total. The van der Waals surface area contributed by atoms with E-state index in [-0.39, 0.29) is 23.8 Å². The van der Waals surface area contributed by atoms with E-state index in [0.29, 0.717) is 5.69 Å². The third kappa shape index (κ3) is 2.72. The van der Waals surface area contributed by atoms with Gasteiger partial charge in [-0.1, -0.05) is 6.07 Å². The number of fused-ring (bicyclic) bond motifs is 1. The van der Waals surface area contributed by atoms with Gasteiger partial charge in [-0.3, -0.25) is 4.79 Å². The van der Waals surface area contributed by atoms with E-state index in [0.717, 1.165) is 4.88 Å². The van der Waals surface area contributed by atoms with Crippen LogP contribution >= 0.6 is 11.3 Å².